The molecule has 6 nitrogen and oxygen atoms in total. The molecule has 1 atom stereocenters. The molecular formula is C14H16ClN5O. The van der Waals surface area contributed by atoms with E-state index >= 15 is 0 Å². The Balaban J connectivity index is 2.54. The molecule has 0 spiro atoms. The summed E-state index contributed by atoms with van der Waals surface area (Å²) in [6.07, 6.45) is 1.02. The van der Waals surface area contributed by atoms with Gasteiger partial charge in [0.05, 0.1) is 16.7 Å². The van der Waals surface area contributed by atoms with Crippen LogP contribution in [0.2, 0.25) is 5.15 Å². The van der Waals surface area contributed by atoms with Crippen molar-refractivity contribution in [1.82, 2.24) is 4.98 Å². The summed E-state index contributed by atoms with van der Waals surface area (Å²) < 4.78 is 0. The van der Waals surface area contributed by atoms with Crippen molar-refractivity contribution in [2.45, 2.75) is 25.4 Å². The minimum Gasteiger partial charge on any atom is -0.387 e. The Morgan fingerprint density at radius 3 is 2.57 bits per heavy atom. The number of β-amino-alcohol motifs (C(OH)–C–C–N with tert-alkyl or cyclic N) is 1. The largest absolute Gasteiger partial charge is 0.387 e. The molecule has 2 rings (SSSR count). The van der Waals surface area contributed by atoms with Crippen molar-refractivity contribution in [3.8, 4) is 12.1 Å². The fraction of sp³-hybridized carbons (Fsp3) is 0.500. The van der Waals surface area contributed by atoms with E-state index in [1.807, 2.05) is 13.0 Å². The molecule has 110 valence electrons. The Bertz CT molecular complexity index is 648. The van der Waals surface area contributed by atoms with Gasteiger partial charge in [0, 0.05) is 19.6 Å². The normalized spacial score (nSPS) is 21.1. The quantitative estimate of drug-likeness (QED) is 0.804. The molecule has 1 aromatic heterocycles. The second-order valence-corrected chi connectivity index (χ2v) is 5.49. The van der Waals surface area contributed by atoms with Gasteiger partial charge in [0.1, 0.15) is 23.1 Å². The van der Waals surface area contributed by atoms with E-state index in [0.29, 0.717) is 42.9 Å². The fourth-order valence-corrected chi connectivity index (χ4v) is 2.84. The van der Waals surface area contributed by atoms with E-state index in [9.17, 15) is 15.6 Å². The van der Waals surface area contributed by atoms with E-state index in [2.05, 4.69) is 11.1 Å². The van der Waals surface area contributed by atoms with Gasteiger partial charge in [0.25, 0.3) is 0 Å². The Labute approximate surface area is 128 Å². The highest BCUT2D eigenvalue weighted by Gasteiger charge is 2.37. The zero-order valence-electron chi connectivity index (χ0n) is 11.7. The molecule has 1 unspecified atom stereocenters. The summed E-state index contributed by atoms with van der Waals surface area (Å²) in [6.45, 7) is 2.85. The third-order valence-corrected chi connectivity index (χ3v) is 4.10. The zero-order chi connectivity index (χ0) is 15.6. The van der Waals surface area contributed by atoms with Crippen LogP contribution in [-0.2, 0) is 6.42 Å². The van der Waals surface area contributed by atoms with Crippen LogP contribution in [0.15, 0.2) is 0 Å². The van der Waals surface area contributed by atoms with Crippen molar-refractivity contribution in [2.75, 3.05) is 24.5 Å². The molecule has 0 aromatic carbocycles. The van der Waals surface area contributed by atoms with Crippen LogP contribution in [0.4, 0.5) is 5.82 Å². The molecule has 21 heavy (non-hydrogen) atoms. The van der Waals surface area contributed by atoms with Crippen LogP contribution in [-0.4, -0.2) is 35.3 Å². The van der Waals surface area contributed by atoms with Gasteiger partial charge in [-0.15, -0.1) is 0 Å². The summed E-state index contributed by atoms with van der Waals surface area (Å²) in [5, 5.41) is 28.9. The maximum Gasteiger partial charge on any atom is 0.149 e. The van der Waals surface area contributed by atoms with Crippen molar-refractivity contribution in [3.05, 3.63) is 21.8 Å². The average Bonchev–Trinajstić information content (AvgIpc) is 2.89. The molecule has 7 heteroatoms. The van der Waals surface area contributed by atoms with Crippen LogP contribution in [0.25, 0.3) is 0 Å². The first kappa shape index (κ1) is 15.5. The average molecular weight is 306 g/mol. The number of nitrogens with zero attached hydrogens (tertiary/aromatic N) is 4. The lowest BCUT2D eigenvalue weighted by Gasteiger charge is -2.23. The molecule has 0 saturated carbocycles. The van der Waals surface area contributed by atoms with Crippen LogP contribution in [0.5, 0.6) is 0 Å². The van der Waals surface area contributed by atoms with Crippen molar-refractivity contribution < 1.29 is 5.11 Å². The van der Waals surface area contributed by atoms with Gasteiger partial charge in [0.15, 0.2) is 0 Å². The van der Waals surface area contributed by atoms with Crippen LogP contribution < -0.4 is 10.6 Å². The van der Waals surface area contributed by atoms with Gasteiger partial charge in [0.2, 0.25) is 0 Å². The minimum atomic E-state index is -0.971. The molecule has 1 fully saturated rings. The van der Waals surface area contributed by atoms with Crippen molar-refractivity contribution in [1.29, 1.82) is 10.5 Å². The molecule has 1 aromatic rings. The molecule has 0 amide bonds. The number of hydrogen-bond acceptors (Lipinski definition) is 6. The maximum atomic E-state index is 10.2. The first-order valence-electron chi connectivity index (χ1n) is 6.69. The smallest absolute Gasteiger partial charge is 0.149 e. The van der Waals surface area contributed by atoms with Gasteiger partial charge >= 0.3 is 0 Å². The number of rotatable bonds is 3. The third kappa shape index (κ3) is 2.66. The molecule has 1 aliphatic heterocycles. The summed E-state index contributed by atoms with van der Waals surface area (Å²) in [6, 6.07) is 4.11. The Morgan fingerprint density at radius 1 is 1.43 bits per heavy atom. The number of halogens is 1. The lowest BCUT2D eigenvalue weighted by molar-refractivity contribution is 0.0725. The number of anilines is 1. The molecule has 1 aliphatic rings. The molecule has 0 radical (unpaired) electrons. The van der Waals surface area contributed by atoms with E-state index in [0.717, 1.165) is 0 Å². The summed E-state index contributed by atoms with van der Waals surface area (Å²) in [5.41, 5.74) is 5.79. The Kier molecular flexibility index (Phi) is 4.34. The summed E-state index contributed by atoms with van der Waals surface area (Å²) >= 11 is 6.07. The molecular weight excluding hydrogens is 290 g/mol. The highest BCUT2D eigenvalue weighted by atomic mass is 35.5. The van der Waals surface area contributed by atoms with E-state index in [1.165, 1.54) is 0 Å². The molecule has 0 aliphatic carbocycles. The van der Waals surface area contributed by atoms with Gasteiger partial charge in [-0.3, -0.25) is 0 Å². The van der Waals surface area contributed by atoms with Crippen molar-refractivity contribution in [3.63, 3.8) is 0 Å². The number of nitriles is 2. The predicted molar refractivity (Wildman–Crippen MR) is 78.9 cm³/mol. The van der Waals surface area contributed by atoms with Crippen LogP contribution in [0, 0.1) is 22.7 Å². The monoisotopic (exact) mass is 305 g/mol. The number of aliphatic hydroxyl groups is 1. The minimum absolute atomic E-state index is 0.0894. The molecule has 2 heterocycles. The molecule has 0 bridgehead atoms. The number of aromatic nitrogens is 1. The maximum absolute atomic E-state index is 10.2. The summed E-state index contributed by atoms with van der Waals surface area (Å²) in [4.78, 5) is 6.00. The number of hydrogen-bond donors (Lipinski definition) is 2. The van der Waals surface area contributed by atoms with E-state index < -0.39 is 5.60 Å². The van der Waals surface area contributed by atoms with E-state index in [4.69, 9.17) is 17.3 Å². The molecule has 3 N–H and O–H groups in total. The highest BCUT2D eigenvalue weighted by molar-refractivity contribution is 6.30. The lowest BCUT2D eigenvalue weighted by Crippen LogP contribution is -2.40. The summed E-state index contributed by atoms with van der Waals surface area (Å²) in [5.74, 6) is 0.419. The number of nitrogens with two attached hydrogens (primary N) is 1. The van der Waals surface area contributed by atoms with Crippen LogP contribution in [0.1, 0.15) is 30.0 Å². The summed E-state index contributed by atoms with van der Waals surface area (Å²) in [7, 11) is 0. The van der Waals surface area contributed by atoms with Gasteiger partial charge in [-0.2, -0.15) is 10.5 Å². The van der Waals surface area contributed by atoms with E-state index in [-0.39, 0.29) is 17.3 Å². The first-order valence-corrected chi connectivity index (χ1v) is 7.07. The zero-order valence-corrected chi connectivity index (χ0v) is 12.5. The van der Waals surface area contributed by atoms with E-state index in [1.54, 1.807) is 4.90 Å². The molecule has 1 saturated heterocycles. The van der Waals surface area contributed by atoms with Crippen molar-refractivity contribution >= 4 is 17.4 Å². The number of pyridine rings is 1. The Hall–Kier alpha value is -1.86. The van der Waals surface area contributed by atoms with Crippen molar-refractivity contribution in [2.24, 2.45) is 5.73 Å². The Morgan fingerprint density at radius 2 is 2.10 bits per heavy atom. The third-order valence-electron chi connectivity index (χ3n) is 3.83. The first-order chi connectivity index (χ1) is 9.99. The van der Waals surface area contributed by atoms with Crippen LogP contribution >= 0.6 is 11.6 Å². The fourth-order valence-electron chi connectivity index (χ4n) is 2.61. The topological polar surface area (TPSA) is 110 Å². The lowest BCUT2D eigenvalue weighted by atomic mass is 10.0. The second-order valence-electron chi connectivity index (χ2n) is 5.13. The van der Waals surface area contributed by atoms with Gasteiger partial charge in [-0.1, -0.05) is 18.5 Å². The van der Waals surface area contributed by atoms with Crippen LogP contribution in [0.3, 0.4) is 0 Å². The highest BCUT2D eigenvalue weighted by Crippen LogP contribution is 2.32. The van der Waals surface area contributed by atoms with Gasteiger partial charge in [-0.25, -0.2) is 4.98 Å². The standard InChI is InChI=1S/C14H16ClN5O/c1-2-9-10(5-16)12(15)19-13(11(9)6-17)20-4-3-14(21,7-18)8-20/h21H,2-4,7-8,18H2,1H3. The van der Waals surface area contributed by atoms with Gasteiger partial charge < -0.3 is 15.7 Å². The predicted octanol–water partition coefficient (Wildman–Crippen LogP) is 0.941. The second kappa shape index (κ2) is 5.87. The van der Waals surface area contributed by atoms with Gasteiger partial charge in [-0.05, 0) is 18.4 Å². The SMILES string of the molecule is CCc1c(C#N)c(Cl)nc(N2CCC(O)(CN)C2)c1C#N.